The number of benzene rings is 1. The van der Waals surface area contributed by atoms with Crippen LogP contribution in [0.1, 0.15) is 6.42 Å². The zero-order valence-corrected chi connectivity index (χ0v) is 12.9. The van der Waals surface area contributed by atoms with Crippen molar-refractivity contribution in [1.82, 2.24) is 5.32 Å². The molecule has 1 unspecified atom stereocenters. The summed E-state index contributed by atoms with van der Waals surface area (Å²) in [4.78, 5) is 11.9. The van der Waals surface area contributed by atoms with Crippen molar-refractivity contribution in [2.45, 2.75) is 12.5 Å². The molecule has 1 atom stereocenters. The third kappa shape index (κ3) is 4.16. The topological polar surface area (TPSA) is 41.1 Å². The lowest BCUT2D eigenvalue weighted by molar-refractivity contribution is -0.116. The fourth-order valence-electron chi connectivity index (χ4n) is 1.77. The van der Waals surface area contributed by atoms with Crippen LogP contribution in [0, 0.1) is 0 Å². The minimum Gasteiger partial charge on any atom is -0.325 e. The second-order valence-corrected chi connectivity index (χ2v) is 6.54. The first-order valence-corrected chi connectivity index (χ1v) is 8.04. The Labute approximate surface area is 124 Å². The Balaban J connectivity index is 1.92. The minimum absolute atomic E-state index is 0.0120. The van der Waals surface area contributed by atoms with Crippen LogP contribution in [0.4, 0.5) is 5.69 Å². The molecule has 6 heteroatoms. The Morgan fingerprint density at radius 1 is 1.61 bits per heavy atom. The van der Waals surface area contributed by atoms with E-state index in [0.717, 1.165) is 28.2 Å². The number of halogens is 2. The average molecular weight is 350 g/mol. The summed E-state index contributed by atoms with van der Waals surface area (Å²) >= 11 is 11.2. The summed E-state index contributed by atoms with van der Waals surface area (Å²) in [6.07, 6.45) is 0.492. The number of hydrogen-bond donors (Lipinski definition) is 2. The summed E-state index contributed by atoms with van der Waals surface area (Å²) in [5.41, 5.74) is 0.718. The summed E-state index contributed by atoms with van der Waals surface area (Å²) in [5.74, 6) is 2.13. The van der Waals surface area contributed by atoms with Crippen molar-refractivity contribution in [3.63, 3.8) is 0 Å². The monoisotopic (exact) mass is 348 g/mol. The molecule has 2 rings (SSSR count). The van der Waals surface area contributed by atoms with Crippen molar-refractivity contribution < 1.29 is 4.79 Å². The highest BCUT2D eigenvalue weighted by Crippen LogP contribution is 2.26. The smallest absolute Gasteiger partial charge is 0.226 e. The quantitative estimate of drug-likeness (QED) is 0.881. The highest BCUT2D eigenvalue weighted by molar-refractivity contribution is 9.10. The lowest BCUT2D eigenvalue weighted by atomic mass is 10.2. The molecule has 18 heavy (non-hydrogen) atoms. The van der Waals surface area contributed by atoms with E-state index in [-0.39, 0.29) is 11.9 Å². The number of carbonyl (C=O) groups excluding carboxylic acids is 1. The molecule has 2 N–H and O–H groups in total. The van der Waals surface area contributed by atoms with Crippen molar-refractivity contribution in [3.8, 4) is 0 Å². The fraction of sp³-hybridized carbons (Fsp3) is 0.417. The molecule has 0 aliphatic carbocycles. The van der Waals surface area contributed by atoms with Gasteiger partial charge in [0.1, 0.15) is 0 Å². The van der Waals surface area contributed by atoms with E-state index in [1.807, 2.05) is 17.8 Å². The van der Waals surface area contributed by atoms with Gasteiger partial charge in [0.25, 0.3) is 0 Å². The predicted octanol–water partition coefficient (Wildman–Crippen LogP) is 3.14. The molecule has 0 bridgehead atoms. The number of thioether (sulfide) groups is 1. The van der Waals surface area contributed by atoms with Crippen molar-refractivity contribution >= 4 is 50.9 Å². The Hall–Kier alpha value is -0.230. The van der Waals surface area contributed by atoms with Crippen LogP contribution in [-0.4, -0.2) is 30.0 Å². The number of nitrogens with one attached hydrogen (secondary N) is 2. The van der Waals surface area contributed by atoms with E-state index >= 15 is 0 Å². The molecule has 0 aromatic heterocycles. The normalized spacial score (nSPS) is 19.6. The molecule has 1 fully saturated rings. The second kappa shape index (κ2) is 6.80. The Kier molecular flexibility index (Phi) is 5.36. The molecule has 1 aliphatic rings. The van der Waals surface area contributed by atoms with E-state index in [9.17, 15) is 4.79 Å². The summed E-state index contributed by atoms with van der Waals surface area (Å²) in [5, 5.41) is 6.83. The van der Waals surface area contributed by atoms with Gasteiger partial charge < -0.3 is 10.6 Å². The van der Waals surface area contributed by atoms with E-state index in [4.69, 9.17) is 11.6 Å². The maximum absolute atomic E-state index is 11.9. The first kappa shape index (κ1) is 14.2. The van der Waals surface area contributed by atoms with Gasteiger partial charge in [-0.15, -0.1) is 0 Å². The summed E-state index contributed by atoms with van der Waals surface area (Å²) in [6.45, 7) is 0.976. The molecule has 3 nitrogen and oxygen atoms in total. The van der Waals surface area contributed by atoms with Gasteiger partial charge in [0.15, 0.2) is 0 Å². The van der Waals surface area contributed by atoms with Crippen LogP contribution in [0.3, 0.4) is 0 Å². The van der Waals surface area contributed by atoms with Crippen molar-refractivity contribution in [2.75, 3.05) is 23.4 Å². The lowest BCUT2D eigenvalue weighted by Gasteiger charge is -2.22. The Morgan fingerprint density at radius 3 is 3.17 bits per heavy atom. The largest absolute Gasteiger partial charge is 0.325 e. The summed E-state index contributed by atoms with van der Waals surface area (Å²) < 4.78 is 0.839. The molecule has 1 saturated heterocycles. The second-order valence-electron chi connectivity index (χ2n) is 4.10. The van der Waals surface area contributed by atoms with Crippen LogP contribution in [0.5, 0.6) is 0 Å². The highest BCUT2D eigenvalue weighted by atomic mass is 79.9. The van der Waals surface area contributed by atoms with E-state index < -0.39 is 0 Å². The zero-order valence-electron chi connectivity index (χ0n) is 9.71. The van der Waals surface area contributed by atoms with E-state index in [1.165, 1.54) is 0 Å². The molecule has 0 saturated carbocycles. The van der Waals surface area contributed by atoms with Crippen LogP contribution in [0.2, 0.25) is 5.02 Å². The van der Waals surface area contributed by atoms with Crippen molar-refractivity contribution in [3.05, 3.63) is 27.7 Å². The van der Waals surface area contributed by atoms with Gasteiger partial charge in [0, 0.05) is 40.0 Å². The van der Waals surface area contributed by atoms with Crippen molar-refractivity contribution in [1.29, 1.82) is 0 Å². The van der Waals surface area contributed by atoms with Crippen LogP contribution in [0.25, 0.3) is 0 Å². The summed E-state index contributed by atoms with van der Waals surface area (Å²) in [7, 11) is 0. The molecule has 1 aromatic rings. The van der Waals surface area contributed by atoms with Gasteiger partial charge in [-0.25, -0.2) is 0 Å². The summed E-state index contributed by atoms with van der Waals surface area (Å²) in [6, 6.07) is 5.61. The molecule has 0 spiro atoms. The number of carbonyl (C=O) groups is 1. The van der Waals surface area contributed by atoms with Crippen LogP contribution < -0.4 is 10.6 Å². The molecule has 1 amide bonds. The standard InChI is InChI=1S/C12H14BrClN2OS/c13-10-2-1-8(14)5-11(10)16-12(17)6-9-7-18-4-3-15-9/h1-2,5,9,15H,3-4,6-7H2,(H,16,17). The number of rotatable bonds is 3. The van der Waals surface area contributed by atoms with Gasteiger partial charge >= 0.3 is 0 Å². The third-order valence-corrected chi connectivity index (χ3v) is 4.69. The lowest BCUT2D eigenvalue weighted by Crippen LogP contribution is -2.39. The Morgan fingerprint density at radius 2 is 2.44 bits per heavy atom. The van der Waals surface area contributed by atoms with Crippen molar-refractivity contribution in [2.24, 2.45) is 0 Å². The maximum atomic E-state index is 11.9. The SMILES string of the molecule is O=C(CC1CSCCN1)Nc1cc(Cl)ccc1Br. The van der Waals surface area contributed by atoms with Gasteiger partial charge in [-0.1, -0.05) is 11.6 Å². The molecule has 1 heterocycles. The van der Waals surface area contributed by atoms with Gasteiger partial charge in [-0.05, 0) is 34.1 Å². The average Bonchev–Trinajstić information content (AvgIpc) is 2.35. The number of amides is 1. The molecule has 1 aromatic carbocycles. The molecule has 1 aliphatic heterocycles. The molecule has 0 radical (unpaired) electrons. The third-order valence-electron chi connectivity index (χ3n) is 2.63. The molecular weight excluding hydrogens is 336 g/mol. The first-order valence-electron chi connectivity index (χ1n) is 5.71. The van der Waals surface area contributed by atoms with Crippen LogP contribution in [0.15, 0.2) is 22.7 Å². The zero-order chi connectivity index (χ0) is 13.0. The van der Waals surface area contributed by atoms with Gasteiger partial charge in [0.2, 0.25) is 5.91 Å². The first-order chi connectivity index (χ1) is 8.65. The van der Waals surface area contributed by atoms with Gasteiger partial charge in [0.05, 0.1) is 5.69 Å². The number of hydrogen-bond acceptors (Lipinski definition) is 3. The molecular formula is C12H14BrClN2OS. The van der Waals surface area contributed by atoms with E-state index in [0.29, 0.717) is 11.4 Å². The molecule has 98 valence electrons. The van der Waals surface area contributed by atoms with E-state index in [2.05, 4.69) is 26.6 Å². The van der Waals surface area contributed by atoms with Gasteiger partial charge in [-0.3, -0.25) is 4.79 Å². The van der Waals surface area contributed by atoms with Crippen LogP contribution in [-0.2, 0) is 4.79 Å². The maximum Gasteiger partial charge on any atom is 0.226 e. The van der Waals surface area contributed by atoms with E-state index in [1.54, 1.807) is 12.1 Å². The Bertz CT molecular complexity index is 438. The highest BCUT2D eigenvalue weighted by Gasteiger charge is 2.17. The van der Waals surface area contributed by atoms with Crippen LogP contribution >= 0.6 is 39.3 Å². The fourth-order valence-corrected chi connectivity index (χ4v) is 3.24. The van der Waals surface area contributed by atoms with Gasteiger partial charge in [-0.2, -0.15) is 11.8 Å². The predicted molar refractivity (Wildman–Crippen MR) is 81.5 cm³/mol. The minimum atomic E-state index is 0.0120. The number of anilines is 1.